The predicted molar refractivity (Wildman–Crippen MR) is 164 cm³/mol. The summed E-state index contributed by atoms with van der Waals surface area (Å²) in [5.41, 5.74) is 17.1. The number of benzene rings is 2. The topological polar surface area (TPSA) is 219 Å². The average Bonchev–Trinajstić information content (AvgIpc) is 3.03. The maximum atomic E-state index is 13.6. The molecule has 0 saturated carbocycles. The SMILES string of the molecule is NCCN(CCN)C(=O)CC(NC(=O)C(N)CO)C(=O)NC(Cc1ccc(C(F)(F)F)cc1)C(=O)Nc1cnc2ccccc2c1. The van der Waals surface area contributed by atoms with Gasteiger partial charge in [0.2, 0.25) is 23.6 Å². The molecule has 1 aromatic heterocycles. The van der Waals surface area contributed by atoms with Crippen molar-refractivity contribution < 1.29 is 37.5 Å². The van der Waals surface area contributed by atoms with Crippen LogP contribution in [-0.2, 0) is 31.8 Å². The number of hydrogen-bond acceptors (Lipinski definition) is 9. The molecule has 0 spiro atoms. The van der Waals surface area contributed by atoms with E-state index in [0.717, 1.165) is 12.1 Å². The summed E-state index contributed by atoms with van der Waals surface area (Å²) in [6.45, 7) is -0.313. The lowest BCUT2D eigenvalue weighted by molar-refractivity contribution is -0.138. The second-order valence-electron chi connectivity index (χ2n) is 10.4. The van der Waals surface area contributed by atoms with Gasteiger partial charge in [-0.3, -0.25) is 24.2 Å². The van der Waals surface area contributed by atoms with E-state index in [9.17, 15) is 37.5 Å². The molecule has 3 unspecified atom stereocenters. The molecule has 0 fully saturated rings. The average molecular weight is 647 g/mol. The number of aliphatic hydroxyl groups is 1. The molecule has 0 radical (unpaired) electrons. The van der Waals surface area contributed by atoms with Crippen LogP contribution in [0.5, 0.6) is 0 Å². The minimum Gasteiger partial charge on any atom is -0.394 e. The molecule has 0 saturated heterocycles. The van der Waals surface area contributed by atoms with Gasteiger partial charge < -0.3 is 43.2 Å². The van der Waals surface area contributed by atoms with Gasteiger partial charge in [-0.1, -0.05) is 30.3 Å². The van der Waals surface area contributed by atoms with E-state index in [4.69, 9.17) is 17.2 Å². The Labute approximate surface area is 262 Å². The zero-order chi connectivity index (χ0) is 33.9. The van der Waals surface area contributed by atoms with Gasteiger partial charge in [0.15, 0.2) is 0 Å². The van der Waals surface area contributed by atoms with Crippen LogP contribution in [0.15, 0.2) is 60.8 Å². The Kier molecular flexibility index (Phi) is 12.9. The van der Waals surface area contributed by atoms with Crippen LogP contribution in [0.25, 0.3) is 10.9 Å². The fraction of sp³-hybridized carbons (Fsp3) is 0.367. The Balaban J connectivity index is 1.91. The highest BCUT2D eigenvalue weighted by Crippen LogP contribution is 2.29. The lowest BCUT2D eigenvalue weighted by atomic mass is 10.0. The Morgan fingerprint density at radius 3 is 2.13 bits per heavy atom. The molecular weight excluding hydrogens is 609 g/mol. The van der Waals surface area contributed by atoms with E-state index < -0.39 is 66.5 Å². The predicted octanol–water partition coefficient (Wildman–Crippen LogP) is -0.140. The van der Waals surface area contributed by atoms with Crippen LogP contribution in [-0.4, -0.2) is 89.5 Å². The monoisotopic (exact) mass is 646 g/mol. The number of para-hydroxylation sites is 1. The highest BCUT2D eigenvalue weighted by molar-refractivity contribution is 6.00. The van der Waals surface area contributed by atoms with Crippen molar-refractivity contribution in [2.24, 2.45) is 17.2 Å². The molecule has 0 aliphatic heterocycles. The summed E-state index contributed by atoms with van der Waals surface area (Å²) in [6.07, 6.45) is -4.01. The van der Waals surface area contributed by atoms with Gasteiger partial charge in [-0.25, -0.2) is 0 Å². The van der Waals surface area contributed by atoms with E-state index in [2.05, 4.69) is 20.9 Å². The lowest BCUT2D eigenvalue weighted by Gasteiger charge is -2.27. The number of rotatable bonds is 15. The lowest BCUT2D eigenvalue weighted by Crippen LogP contribution is -2.57. The number of aromatic nitrogens is 1. The highest BCUT2D eigenvalue weighted by Gasteiger charge is 2.32. The summed E-state index contributed by atoms with van der Waals surface area (Å²) >= 11 is 0. The number of pyridine rings is 1. The zero-order valence-corrected chi connectivity index (χ0v) is 24.8. The number of aliphatic hydroxyl groups excluding tert-OH is 1. The Hall–Kier alpha value is -4.64. The molecule has 2 aromatic carbocycles. The minimum absolute atomic E-state index is 0.101. The number of carbonyl (C=O) groups is 4. The largest absolute Gasteiger partial charge is 0.416 e. The third kappa shape index (κ3) is 10.2. The first-order chi connectivity index (χ1) is 21.9. The second kappa shape index (κ2) is 16.6. The molecule has 3 atom stereocenters. The van der Waals surface area contributed by atoms with Crippen LogP contribution < -0.4 is 33.2 Å². The number of alkyl halides is 3. The number of carbonyl (C=O) groups excluding carboxylic acids is 4. The minimum atomic E-state index is -4.58. The molecule has 3 aromatic rings. The highest BCUT2D eigenvalue weighted by atomic mass is 19.4. The van der Waals surface area contributed by atoms with Crippen molar-refractivity contribution >= 4 is 40.2 Å². The van der Waals surface area contributed by atoms with Gasteiger partial charge in [0.25, 0.3) is 0 Å². The molecule has 46 heavy (non-hydrogen) atoms. The summed E-state index contributed by atoms with van der Waals surface area (Å²) in [4.78, 5) is 58.3. The van der Waals surface area contributed by atoms with Crippen molar-refractivity contribution in [1.29, 1.82) is 0 Å². The summed E-state index contributed by atoms with van der Waals surface area (Å²) in [7, 11) is 0. The Bertz CT molecular complexity index is 1500. The van der Waals surface area contributed by atoms with Gasteiger partial charge in [0, 0.05) is 38.0 Å². The number of halogens is 3. The summed E-state index contributed by atoms with van der Waals surface area (Å²) in [5, 5.41) is 17.5. The number of anilines is 1. The molecule has 3 rings (SSSR count). The quantitative estimate of drug-likeness (QED) is 0.117. The third-order valence-corrected chi connectivity index (χ3v) is 6.91. The van der Waals surface area contributed by atoms with E-state index in [1.165, 1.54) is 23.2 Å². The molecule has 13 nitrogen and oxygen atoms in total. The van der Waals surface area contributed by atoms with Crippen LogP contribution in [0, 0.1) is 0 Å². The first kappa shape index (κ1) is 35.8. The van der Waals surface area contributed by atoms with Gasteiger partial charge >= 0.3 is 6.18 Å². The van der Waals surface area contributed by atoms with Crippen molar-refractivity contribution in [3.8, 4) is 0 Å². The molecule has 0 aliphatic carbocycles. The van der Waals surface area contributed by atoms with Crippen LogP contribution >= 0.6 is 0 Å². The smallest absolute Gasteiger partial charge is 0.394 e. The molecule has 0 aliphatic rings. The van der Waals surface area contributed by atoms with Crippen LogP contribution in [0.2, 0.25) is 0 Å². The summed E-state index contributed by atoms with van der Waals surface area (Å²) in [5.74, 6) is -3.23. The van der Waals surface area contributed by atoms with Gasteiger partial charge in [0.1, 0.15) is 18.1 Å². The van der Waals surface area contributed by atoms with E-state index in [1.807, 2.05) is 0 Å². The number of nitrogens with one attached hydrogen (secondary N) is 3. The fourth-order valence-electron chi connectivity index (χ4n) is 4.46. The first-order valence-corrected chi connectivity index (χ1v) is 14.3. The number of hydrogen-bond donors (Lipinski definition) is 7. The maximum absolute atomic E-state index is 13.6. The normalized spacial score (nSPS) is 13.4. The van der Waals surface area contributed by atoms with Crippen molar-refractivity contribution in [2.75, 3.05) is 38.1 Å². The number of amides is 4. The van der Waals surface area contributed by atoms with Crippen molar-refractivity contribution in [3.05, 3.63) is 71.9 Å². The first-order valence-electron chi connectivity index (χ1n) is 14.3. The van der Waals surface area contributed by atoms with Gasteiger partial charge in [-0.15, -0.1) is 0 Å². The second-order valence-corrected chi connectivity index (χ2v) is 10.4. The number of fused-ring (bicyclic) bond motifs is 1. The summed E-state index contributed by atoms with van der Waals surface area (Å²) < 4.78 is 39.4. The van der Waals surface area contributed by atoms with Crippen molar-refractivity contribution in [2.45, 2.75) is 37.1 Å². The molecule has 1 heterocycles. The van der Waals surface area contributed by atoms with Gasteiger partial charge in [-0.05, 0) is 29.8 Å². The molecule has 0 bridgehead atoms. The van der Waals surface area contributed by atoms with Crippen molar-refractivity contribution in [3.63, 3.8) is 0 Å². The van der Waals surface area contributed by atoms with Gasteiger partial charge in [-0.2, -0.15) is 13.2 Å². The molecule has 10 N–H and O–H groups in total. The number of nitrogens with two attached hydrogens (primary N) is 3. The molecule has 4 amide bonds. The molecular formula is C30H37F3N8O5. The fourth-order valence-corrected chi connectivity index (χ4v) is 4.46. The Morgan fingerprint density at radius 1 is 0.891 bits per heavy atom. The third-order valence-electron chi connectivity index (χ3n) is 6.91. The number of nitrogens with zero attached hydrogens (tertiary/aromatic N) is 2. The van der Waals surface area contributed by atoms with Crippen LogP contribution in [0.3, 0.4) is 0 Å². The van der Waals surface area contributed by atoms with Crippen LogP contribution in [0.4, 0.5) is 18.9 Å². The maximum Gasteiger partial charge on any atom is 0.416 e. The van der Waals surface area contributed by atoms with Crippen LogP contribution in [0.1, 0.15) is 17.5 Å². The van der Waals surface area contributed by atoms with Gasteiger partial charge in [0.05, 0.1) is 36.0 Å². The zero-order valence-electron chi connectivity index (χ0n) is 24.8. The van der Waals surface area contributed by atoms with E-state index >= 15 is 0 Å². The molecule has 248 valence electrons. The standard InChI is InChI=1S/C30H37F3N8O5/c31-30(32,33)20-7-5-18(6-8-20)13-24(28(45)38-21-14-19-3-1-2-4-23(19)37-16-21)40-29(46)25(39-27(44)22(36)17-42)15-26(43)41(11-9-34)12-10-35/h1-8,14,16,22,24-25,42H,9-13,15,17,34-36H2,(H,38,45)(H,39,44)(H,40,46). The van der Waals surface area contributed by atoms with E-state index in [1.54, 1.807) is 30.3 Å². The van der Waals surface area contributed by atoms with Crippen molar-refractivity contribution in [1.82, 2.24) is 20.5 Å². The summed E-state index contributed by atoms with van der Waals surface area (Å²) in [6, 6.07) is 8.46. The Morgan fingerprint density at radius 2 is 1.52 bits per heavy atom. The van der Waals surface area contributed by atoms with E-state index in [-0.39, 0.29) is 43.9 Å². The van der Waals surface area contributed by atoms with E-state index in [0.29, 0.717) is 10.9 Å². The molecule has 16 heteroatoms.